The lowest BCUT2D eigenvalue weighted by atomic mass is 10.1. The first-order valence-electron chi connectivity index (χ1n) is 6.83. The summed E-state index contributed by atoms with van der Waals surface area (Å²) >= 11 is 0. The summed E-state index contributed by atoms with van der Waals surface area (Å²) < 4.78 is 15.5. The van der Waals surface area contributed by atoms with E-state index in [1.165, 1.54) is 7.11 Å². The first-order chi connectivity index (χ1) is 10.7. The summed E-state index contributed by atoms with van der Waals surface area (Å²) in [6.45, 7) is 1.84. The first kappa shape index (κ1) is 14.1. The molecule has 2 aromatic carbocycles. The molecule has 1 aromatic heterocycles. The number of hydrogen-bond donors (Lipinski definition) is 0. The molecule has 0 fully saturated rings. The Bertz CT molecular complexity index is 822. The van der Waals surface area contributed by atoms with E-state index < -0.39 is 5.97 Å². The van der Waals surface area contributed by atoms with E-state index >= 15 is 0 Å². The largest absolute Gasteiger partial charge is 0.496 e. The topological polar surface area (TPSA) is 61.6 Å². The molecule has 0 spiro atoms. The number of benzene rings is 2. The number of ether oxygens (including phenoxy) is 2. The Labute approximate surface area is 127 Å². The van der Waals surface area contributed by atoms with E-state index in [-0.39, 0.29) is 6.61 Å². The molecular formula is C17H15NO4. The van der Waals surface area contributed by atoms with Crippen LogP contribution in [0.4, 0.5) is 0 Å². The Kier molecular flexibility index (Phi) is 3.78. The van der Waals surface area contributed by atoms with Crippen molar-refractivity contribution in [3.63, 3.8) is 0 Å². The van der Waals surface area contributed by atoms with Crippen molar-refractivity contribution >= 4 is 16.7 Å². The molecule has 3 rings (SSSR count). The minimum absolute atomic E-state index is 0.0617. The number of aromatic nitrogens is 1. The monoisotopic (exact) mass is 297 g/mol. The molecule has 5 heteroatoms. The van der Waals surface area contributed by atoms with Crippen molar-refractivity contribution in [2.75, 3.05) is 7.11 Å². The Morgan fingerprint density at radius 1 is 1.18 bits per heavy atom. The van der Waals surface area contributed by atoms with Crippen LogP contribution in [0, 0.1) is 6.92 Å². The summed E-state index contributed by atoms with van der Waals surface area (Å²) in [6.07, 6.45) is 0. The molecule has 112 valence electrons. The van der Waals surface area contributed by atoms with Crippen LogP contribution in [-0.4, -0.2) is 18.2 Å². The van der Waals surface area contributed by atoms with Crippen molar-refractivity contribution in [2.24, 2.45) is 0 Å². The standard InChI is InChI=1S/C17H15NO4/c1-11-7-14(18-22-11)10-21-17(19)15-8-12-5-3-4-6-13(12)9-16(15)20-2/h3-9H,10H2,1-2H3. The molecular weight excluding hydrogens is 282 g/mol. The molecule has 0 N–H and O–H groups in total. The van der Waals surface area contributed by atoms with Crippen LogP contribution in [0.1, 0.15) is 21.8 Å². The fourth-order valence-corrected chi connectivity index (χ4v) is 2.25. The highest BCUT2D eigenvalue weighted by molar-refractivity contribution is 5.98. The maximum absolute atomic E-state index is 12.3. The van der Waals surface area contributed by atoms with E-state index in [2.05, 4.69) is 5.16 Å². The van der Waals surface area contributed by atoms with E-state index in [1.807, 2.05) is 30.3 Å². The molecule has 22 heavy (non-hydrogen) atoms. The number of carbonyl (C=O) groups is 1. The van der Waals surface area contributed by atoms with Crippen molar-refractivity contribution < 1.29 is 18.8 Å². The van der Waals surface area contributed by atoms with Crippen LogP contribution in [-0.2, 0) is 11.3 Å². The molecule has 0 saturated carbocycles. The van der Waals surface area contributed by atoms with Gasteiger partial charge in [-0.1, -0.05) is 29.4 Å². The lowest BCUT2D eigenvalue weighted by molar-refractivity contribution is 0.0461. The third kappa shape index (κ3) is 2.79. The molecule has 0 aliphatic rings. The van der Waals surface area contributed by atoms with Crippen molar-refractivity contribution in [3.8, 4) is 5.75 Å². The van der Waals surface area contributed by atoms with E-state index in [4.69, 9.17) is 14.0 Å². The summed E-state index contributed by atoms with van der Waals surface area (Å²) in [7, 11) is 1.53. The smallest absolute Gasteiger partial charge is 0.342 e. The predicted molar refractivity (Wildman–Crippen MR) is 80.9 cm³/mol. The minimum atomic E-state index is -0.455. The van der Waals surface area contributed by atoms with Crippen LogP contribution in [0.3, 0.4) is 0 Å². The maximum atomic E-state index is 12.3. The number of hydrogen-bond acceptors (Lipinski definition) is 5. The predicted octanol–water partition coefficient (Wildman–Crippen LogP) is 3.50. The molecule has 0 saturated heterocycles. The van der Waals surface area contributed by atoms with Gasteiger partial charge in [-0.2, -0.15) is 0 Å². The molecule has 5 nitrogen and oxygen atoms in total. The Morgan fingerprint density at radius 2 is 1.91 bits per heavy atom. The van der Waals surface area contributed by atoms with Gasteiger partial charge < -0.3 is 14.0 Å². The van der Waals surface area contributed by atoms with Gasteiger partial charge in [0.2, 0.25) is 0 Å². The number of rotatable bonds is 4. The van der Waals surface area contributed by atoms with Crippen molar-refractivity contribution in [2.45, 2.75) is 13.5 Å². The number of aryl methyl sites for hydroxylation is 1. The molecule has 3 aromatic rings. The third-order valence-electron chi connectivity index (χ3n) is 3.32. The number of esters is 1. The zero-order chi connectivity index (χ0) is 15.5. The van der Waals surface area contributed by atoms with E-state index in [0.29, 0.717) is 22.8 Å². The van der Waals surface area contributed by atoms with Crippen molar-refractivity contribution in [1.82, 2.24) is 5.16 Å². The van der Waals surface area contributed by atoms with Gasteiger partial charge in [0.1, 0.15) is 29.4 Å². The molecule has 0 bridgehead atoms. The molecule has 0 unspecified atom stereocenters. The van der Waals surface area contributed by atoms with Gasteiger partial charge in [0, 0.05) is 6.07 Å². The Balaban J connectivity index is 1.85. The van der Waals surface area contributed by atoms with Crippen molar-refractivity contribution in [1.29, 1.82) is 0 Å². The number of carbonyl (C=O) groups excluding carboxylic acids is 1. The minimum Gasteiger partial charge on any atom is -0.496 e. The van der Waals surface area contributed by atoms with Gasteiger partial charge in [-0.25, -0.2) is 4.79 Å². The quantitative estimate of drug-likeness (QED) is 0.690. The van der Waals surface area contributed by atoms with Gasteiger partial charge in [0.05, 0.1) is 7.11 Å². The summed E-state index contributed by atoms with van der Waals surface area (Å²) in [6, 6.07) is 13.1. The molecule has 0 aliphatic heterocycles. The van der Waals surface area contributed by atoms with E-state index in [9.17, 15) is 4.79 Å². The second-order valence-electron chi connectivity index (χ2n) is 4.90. The number of fused-ring (bicyclic) bond motifs is 1. The van der Waals surface area contributed by atoms with Gasteiger partial charge >= 0.3 is 5.97 Å². The normalized spacial score (nSPS) is 10.6. The van der Waals surface area contributed by atoms with Gasteiger partial charge in [0.25, 0.3) is 0 Å². The lowest BCUT2D eigenvalue weighted by Gasteiger charge is -2.09. The molecule has 0 aliphatic carbocycles. The van der Waals surface area contributed by atoms with Crippen LogP contribution in [0.25, 0.3) is 10.8 Å². The fourth-order valence-electron chi connectivity index (χ4n) is 2.25. The zero-order valence-corrected chi connectivity index (χ0v) is 12.3. The van der Waals surface area contributed by atoms with E-state index in [0.717, 1.165) is 10.8 Å². The summed E-state index contributed by atoms with van der Waals surface area (Å²) in [5.41, 5.74) is 0.965. The summed E-state index contributed by atoms with van der Waals surface area (Å²) in [5, 5.41) is 5.74. The van der Waals surface area contributed by atoms with E-state index in [1.54, 1.807) is 19.1 Å². The van der Waals surface area contributed by atoms with Crippen LogP contribution < -0.4 is 4.74 Å². The van der Waals surface area contributed by atoms with Gasteiger partial charge in [-0.05, 0) is 29.8 Å². The second-order valence-corrected chi connectivity index (χ2v) is 4.90. The molecule has 1 heterocycles. The highest BCUT2D eigenvalue weighted by Crippen LogP contribution is 2.26. The van der Waals surface area contributed by atoms with Crippen LogP contribution in [0.2, 0.25) is 0 Å². The van der Waals surface area contributed by atoms with Gasteiger partial charge in [-0.3, -0.25) is 0 Å². The Hall–Kier alpha value is -2.82. The third-order valence-corrected chi connectivity index (χ3v) is 3.32. The maximum Gasteiger partial charge on any atom is 0.342 e. The van der Waals surface area contributed by atoms with Crippen LogP contribution >= 0.6 is 0 Å². The SMILES string of the molecule is COc1cc2ccccc2cc1C(=O)OCc1cc(C)on1. The van der Waals surface area contributed by atoms with Crippen molar-refractivity contribution in [3.05, 3.63) is 59.5 Å². The fraction of sp³-hybridized carbons (Fsp3) is 0.176. The first-order valence-corrected chi connectivity index (χ1v) is 6.83. The average molecular weight is 297 g/mol. The van der Waals surface area contributed by atoms with Crippen LogP contribution in [0.15, 0.2) is 47.0 Å². The highest BCUT2D eigenvalue weighted by Gasteiger charge is 2.16. The summed E-state index contributed by atoms with van der Waals surface area (Å²) in [5.74, 6) is 0.706. The summed E-state index contributed by atoms with van der Waals surface area (Å²) in [4.78, 5) is 12.3. The molecule has 0 radical (unpaired) electrons. The molecule has 0 atom stereocenters. The Morgan fingerprint density at radius 3 is 2.55 bits per heavy atom. The molecule has 0 amide bonds. The lowest BCUT2D eigenvalue weighted by Crippen LogP contribution is -2.07. The van der Waals surface area contributed by atoms with Gasteiger partial charge in [-0.15, -0.1) is 0 Å². The van der Waals surface area contributed by atoms with Crippen LogP contribution in [0.5, 0.6) is 5.75 Å². The average Bonchev–Trinajstić information content (AvgIpc) is 2.96. The highest BCUT2D eigenvalue weighted by atomic mass is 16.5. The number of methoxy groups -OCH3 is 1. The zero-order valence-electron chi connectivity index (χ0n) is 12.3. The number of nitrogens with zero attached hydrogens (tertiary/aromatic N) is 1. The second kappa shape index (κ2) is 5.89. The van der Waals surface area contributed by atoms with Gasteiger partial charge in [0.15, 0.2) is 0 Å².